The lowest BCUT2D eigenvalue weighted by Gasteiger charge is -2.15. The zero-order chi connectivity index (χ0) is 20.7. The number of hydrogen-bond acceptors (Lipinski definition) is 4. The SMILES string of the molecule is CCNC(=NCC1(CS(C)(=O)=O)CC1)NCCCOc1ccc2ccccc2c1. The van der Waals surface area contributed by atoms with Crippen LogP contribution in [-0.2, 0) is 9.84 Å². The van der Waals surface area contributed by atoms with E-state index in [1.54, 1.807) is 0 Å². The fourth-order valence-corrected chi connectivity index (χ4v) is 4.89. The predicted octanol–water partition coefficient (Wildman–Crippen LogP) is 2.99. The van der Waals surface area contributed by atoms with Gasteiger partial charge in [-0.15, -0.1) is 0 Å². The monoisotopic (exact) mass is 417 g/mol. The number of hydrogen-bond donors (Lipinski definition) is 2. The summed E-state index contributed by atoms with van der Waals surface area (Å²) in [4.78, 5) is 4.61. The van der Waals surface area contributed by atoms with E-state index in [1.165, 1.54) is 17.0 Å². The normalized spacial score (nSPS) is 15.9. The molecular formula is C22H31N3O3S. The number of sulfone groups is 1. The van der Waals surface area contributed by atoms with E-state index in [9.17, 15) is 8.42 Å². The molecule has 1 fully saturated rings. The minimum atomic E-state index is -2.97. The second-order valence-electron chi connectivity index (χ2n) is 7.90. The lowest BCUT2D eigenvalue weighted by atomic mass is 10.1. The number of guanidine groups is 1. The Balaban J connectivity index is 1.43. The molecule has 3 rings (SSSR count). The highest BCUT2D eigenvalue weighted by Gasteiger charge is 2.45. The number of ether oxygens (including phenoxy) is 1. The molecule has 0 amide bonds. The van der Waals surface area contributed by atoms with E-state index in [2.05, 4.69) is 39.9 Å². The van der Waals surface area contributed by atoms with Crippen LogP contribution in [0.15, 0.2) is 47.5 Å². The third-order valence-corrected chi connectivity index (χ3v) is 6.18. The standard InChI is InChI=1S/C22H31N3O3S/c1-3-23-21(25-16-22(11-12-22)17-29(2,26)27)24-13-6-14-28-20-10-9-18-7-4-5-8-19(18)15-20/h4-5,7-10,15H,3,6,11-14,16-17H2,1-2H3,(H2,23,24,25). The van der Waals surface area contributed by atoms with Gasteiger partial charge in [-0.3, -0.25) is 4.99 Å². The van der Waals surface area contributed by atoms with Crippen LogP contribution in [0.1, 0.15) is 26.2 Å². The van der Waals surface area contributed by atoms with Gasteiger partial charge >= 0.3 is 0 Å². The molecule has 2 aromatic carbocycles. The predicted molar refractivity (Wildman–Crippen MR) is 119 cm³/mol. The lowest BCUT2D eigenvalue weighted by Crippen LogP contribution is -2.38. The summed E-state index contributed by atoms with van der Waals surface area (Å²) in [7, 11) is -2.97. The van der Waals surface area contributed by atoms with Crippen molar-refractivity contribution in [3.05, 3.63) is 42.5 Å². The Morgan fingerprint density at radius 3 is 2.59 bits per heavy atom. The van der Waals surface area contributed by atoms with Crippen molar-refractivity contribution in [3.8, 4) is 5.75 Å². The molecule has 0 spiro atoms. The van der Waals surface area contributed by atoms with Crippen molar-refractivity contribution >= 4 is 26.6 Å². The summed E-state index contributed by atoms with van der Waals surface area (Å²) < 4.78 is 29.1. The van der Waals surface area contributed by atoms with Gasteiger partial charge in [0.25, 0.3) is 0 Å². The van der Waals surface area contributed by atoms with E-state index < -0.39 is 9.84 Å². The van der Waals surface area contributed by atoms with Gasteiger partial charge in [0.2, 0.25) is 0 Å². The van der Waals surface area contributed by atoms with E-state index >= 15 is 0 Å². The van der Waals surface area contributed by atoms with Gasteiger partial charge in [0.15, 0.2) is 5.96 Å². The van der Waals surface area contributed by atoms with E-state index in [0.717, 1.165) is 44.1 Å². The fraction of sp³-hybridized carbons (Fsp3) is 0.500. The number of aliphatic imine (C=N–C) groups is 1. The van der Waals surface area contributed by atoms with Crippen molar-refractivity contribution in [1.82, 2.24) is 10.6 Å². The molecule has 2 aromatic rings. The van der Waals surface area contributed by atoms with Gasteiger partial charge in [0.1, 0.15) is 15.6 Å². The molecule has 2 N–H and O–H groups in total. The van der Waals surface area contributed by atoms with Gasteiger partial charge in [-0.25, -0.2) is 8.42 Å². The highest BCUT2D eigenvalue weighted by molar-refractivity contribution is 7.90. The zero-order valence-corrected chi connectivity index (χ0v) is 18.1. The number of benzene rings is 2. The Bertz CT molecular complexity index is 953. The van der Waals surface area contributed by atoms with Gasteiger partial charge in [0, 0.05) is 31.3 Å². The van der Waals surface area contributed by atoms with Crippen molar-refractivity contribution in [2.24, 2.45) is 10.4 Å². The third kappa shape index (κ3) is 6.92. The second kappa shape index (κ2) is 9.48. The maximum atomic E-state index is 11.6. The Kier molecular flexibility index (Phi) is 7.00. The first-order valence-electron chi connectivity index (χ1n) is 10.2. The van der Waals surface area contributed by atoms with Crippen LogP contribution in [0.4, 0.5) is 0 Å². The average Bonchev–Trinajstić information content (AvgIpc) is 3.43. The van der Waals surface area contributed by atoms with Crippen LogP contribution >= 0.6 is 0 Å². The van der Waals surface area contributed by atoms with Gasteiger partial charge in [-0.05, 0) is 49.1 Å². The number of fused-ring (bicyclic) bond motifs is 1. The molecule has 1 aliphatic rings. The molecule has 0 aromatic heterocycles. The highest BCUT2D eigenvalue weighted by atomic mass is 32.2. The summed E-state index contributed by atoms with van der Waals surface area (Å²) >= 11 is 0. The van der Waals surface area contributed by atoms with E-state index in [1.807, 2.05) is 25.1 Å². The van der Waals surface area contributed by atoms with Crippen LogP contribution in [0, 0.1) is 5.41 Å². The average molecular weight is 418 g/mol. The Morgan fingerprint density at radius 2 is 1.90 bits per heavy atom. The number of rotatable bonds is 10. The Hall–Kier alpha value is -2.28. The summed E-state index contributed by atoms with van der Waals surface area (Å²) in [6.45, 7) is 4.67. The maximum Gasteiger partial charge on any atom is 0.191 e. The molecule has 0 radical (unpaired) electrons. The largest absolute Gasteiger partial charge is 0.494 e. The lowest BCUT2D eigenvalue weighted by molar-refractivity contribution is 0.311. The minimum Gasteiger partial charge on any atom is -0.494 e. The zero-order valence-electron chi connectivity index (χ0n) is 17.3. The molecule has 1 aliphatic carbocycles. The molecule has 0 unspecified atom stereocenters. The number of nitrogens with zero attached hydrogens (tertiary/aromatic N) is 1. The second-order valence-corrected chi connectivity index (χ2v) is 10.0. The van der Waals surface area contributed by atoms with Crippen molar-refractivity contribution in [2.45, 2.75) is 26.2 Å². The van der Waals surface area contributed by atoms with Gasteiger partial charge in [-0.1, -0.05) is 30.3 Å². The van der Waals surface area contributed by atoms with Gasteiger partial charge < -0.3 is 15.4 Å². The van der Waals surface area contributed by atoms with E-state index in [-0.39, 0.29) is 11.2 Å². The molecule has 0 aliphatic heterocycles. The van der Waals surface area contributed by atoms with Crippen molar-refractivity contribution in [1.29, 1.82) is 0 Å². The van der Waals surface area contributed by atoms with Crippen LogP contribution < -0.4 is 15.4 Å². The molecule has 6 nitrogen and oxygen atoms in total. The Morgan fingerprint density at radius 1 is 1.14 bits per heavy atom. The fourth-order valence-electron chi connectivity index (χ4n) is 3.40. The smallest absolute Gasteiger partial charge is 0.191 e. The summed E-state index contributed by atoms with van der Waals surface area (Å²) in [5.41, 5.74) is -0.158. The molecular weight excluding hydrogens is 386 g/mol. The summed E-state index contributed by atoms with van der Waals surface area (Å²) in [6.07, 6.45) is 4.01. The quantitative estimate of drug-likeness (QED) is 0.353. The topological polar surface area (TPSA) is 79.8 Å². The van der Waals surface area contributed by atoms with Gasteiger partial charge in [-0.2, -0.15) is 0 Å². The third-order valence-electron chi connectivity index (χ3n) is 5.05. The van der Waals surface area contributed by atoms with Crippen molar-refractivity contribution in [3.63, 3.8) is 0 Å². The van der Waals surface area contributed by atoms with Crippen molar-refractivity contribution < 1.29 is 13.2 Å². The molecule has 29 heavy (non-hydrogen) atoms. The maximum absolute atomic E-state index is 11.6. The van der Waals surface area contributed by atoms with E-state index in [0.29, 0.717) is 13.2 Å². The Labute approximate surface area is 173 Å². The highest BCUT2D eigenvalue weighted by Crippen LogP contribution is 2.46. The first kappa shape index (κ1) is 21.4. The first-order valence-corrected chi connectivity index (χ1v) is 12.3. The molecule has 0 heterocycles. The molecule has 7 heteroatoms. The van der Waals surface area contributed by atoms with E-state index in [4.69, 9.17) is 4.74 Å². The molecule has 0 atom stereocenters. The molecule has 0 bridgehead atoms. The first-order chi connectivity index (χ1) is 13.9. The van der Waals surface area contributed by atoms with Crippen LogP contribution in [0.25, 0.3) is 10.8 Å². The molecule has 158 valence electrons. The van der Waals surface area contributed by atoms with Crippen LogP contribution in [0.2, 0.25) is 0 Å². The molecule has 1 saturated carbocycles. The molecule has 0 saturated heterocycles. The summed E-state index contributed by atoms with van der Waals surface area (Å²) in [6, 6.07) is 14.4. The van der Waals surface area contributed by atoms with Crippen LogP contribution in [-0.4, -0.2) is 52.6 Å². The van der Waals surface area contributed by atoms with Crippen molar-refractivity contribution in [2.75, 3.05) is 38.2 Å². The van der Waals surface area contributed by atoms with Crippen LogP contribution in [0.5, 0.6) is 5.75 Å². The van der Waals surface area contributed by atoms with Gasteiger partial charge in [0.05, 0.1) is 12.4 Å². The number of nitrogens with one attached hydrogen (secondary N) is 2. The minimum absolute atomic E-state index is 0.158. The summed E-state index contributed by atoms with van der Waals surface area (Å²) in [5.74, 6) is 1.83. The van der Waals surface area contributed by atoms with Crippen LogP contribution in [0.3, 0.4) is 0 Å². The summed E-state index contributed by atoms with van der Waals surface area (Å²) in [5, 5.41) is 8.91.